The molecule has 0 spiro atoms. The lowest BCUT2D eigenvalue weighted by Crippen LogP contribution is -2.34. The number of hydrogen-bond donors (Lipinski definition) is 2. The van der Waals surface area contributed by atoms with Crippen LogP contribution in [0.2, 0.25) is 0 Å². The summed E-state index contributed by atoms with van der Waals surface area (Å²) in [6.07, 6.45) is 4.00. The first kappa shape index (κ1) is 29.2. The summed E-state index contributed by atoms with van der Waals surface area (Å²) in [5.41, 5.74) is 8.56. The molecule has 1 aliphatic heterocycles. The van der Waals surface area contributed by atoms with Crippen molar-refractivity contribution in [1.29, 1.82) is 0 Å². The molecule has 9 heteroatoms. The number of thioether (sulfide) groups is 1. The second-order valence-electron chi connectivity index (χ2n) is 9.97. The first-order valence-corrected chi connectivity index (χ1v) is 15.7. The lowest BCUT2D eigenvalue weighted by Gasteiger charge is -2.25. The number of benzene rings is 2. The molecular weight excluding hydrogens is 528 g/mol. The number of aromatic nitrogens is 1. The van der Waals surface area contributed by atoms with E-state index < -0.39 is 0 Å². The smallest absolute Gasteiger partial charge is 0.170 e. The van der Waals surface area contributed by atoms with Crippen LogP contribution in [0, 0.1) is 0 Å². The van der Waals surface area contributed by atoms with Crippen molar-refractivity contribution in [2.24, 2.45) is 10.9 Å². The minimum atomic E-state index is 0.0898. The van der Waals surface area contributed by atoms with Crippen molar-refractivity contribution >= 4 is 28.9 Å². The molecule has 2 heterocycles. The first-order valence-electron chi connectivity index (χ1n) is 13.8. The molecule has 1 saturated heterocycles. The van der Waals surface area contributed by atoms with Crippen molar-refractivity contribution in [3.63, 3.8) is 0 Å². The van der Waals surface area contributed by atoms with E-state index in [1.165, 1.54) is 40.0 Å². The third kappa shape index (κ3) is 8.88. The standard InChI is InChI=1S/C30H40N4O3S2/c1-22(2)30-32-28(27(39-30)14-15-34-16-20-38-21-17-34)23-6-10-25(11-7-23)36-18-4-3-5-19-37-26-12-8-24(9-13-26)29(31)33-35/h6-13,22,35H,3-5,14-21H2,1-2H3,(H2,31,33). The molecule has 39 heavy (non-hydrogen) atoms. The summed E-state index contributed by atoms with van der Waals surface area (Å²) in [6, 6.07) is 15.6. The summed E-state index contributed by atoms with van der Waals surface area (Å²) in [4.78, 5) is 9.02. The van der Waals surface area contributed by atoms with Crippen LogP contribution in [0.5, 0.6) is 11.5 Å². The summed E-state index contributed by atoms with van der Waals surface area (Å²) in [6.45, 7) is 9.27. The Labute approximate surface area is 240 Å². The number of unbranched alkanes of at least 4 members (excludes halogenated alkanes) is 2. The van der Waals surface area contributed by atoms with Gasteiger partial charge in [0.1, 0.15) is 11.5 Å². The average molecular weight is 569 g/mol. The van der Waals surface area contributed by atoms with Crippen LogP contribution in [0.15, 0.2) is 53.7 Å². The number of amidine groups is 1. The monoisotopic (exact) mass is 568 g/mol. The Hall–Kier alpha value is -2.75. The van der Waals surface area contributed by atoms with E-state index in [4.69, 9.17) is 25.4 Å². The van der Waals surface area contributed by atoms with Gasteiger partial charge in [-0.3, -0.25) is 0 Å². The van der Waals surface area contributed by atoms with Crippen LogP contribution in [-0.2, 0) is 6.42 Å². The van der Waals surface area contributed by atoms with Crippen molar-refractivity contribution < 1.29 is 14.7 Å². The van der Waals surface area contributed by atoms with Gasteiger partial charge in [-0.1, -0.05) is 19.0 Å². The molecule has 210 valence electrons. The predicted octanol–water partition coefficient (Wildman–Crippen LogP) is 6.25. The number of thiazole rings is 1. The van der Waals surface area contributed by atoms with Gasteiger partial charge in [0.05, 0.1) is 23.9 Å². The minimum absolute atomic E-state index is 0.0898. The lowest BCUT2D eigenvalue weighted by molar-refractivity contribution is 0.279. The number of rotatable bonds is 14. The van der Waals surface area contributed by atoms with Crippen molar-refractivity contribution in [2.75, 3.05) is 44.4 Å². The summed E-state index contributed by atoms with van der Waals surface area (Å²) in [5.74, 6) is 4.69. The van der Waals surface area contributed by atoms with E-state index in [-0.39, 0.29) is 5.84 Å². The molecule has 1 fully saturated rings. The third-order valence-electron chi connectivity index (χ3n) is 6.68. The average Bonchev–Trinajstić information content (AvgIpc) is 3.41. The van der Waals surface area contributed by atoms with Gasteiger partial charge in [0.15, 0.2) is 5.84 Å². The molecule has 1 aliphatic rings. The van der Waals surface area contributed by atoms with E-state index in [1.54, 1.807) is 12.1 Å². The van der Waals surface area contributed by atoms with Gasteiger partial charge in [-0.15, -0.1) is 11.3 Å². The second-order valence-corrected chi connectivity index (χ2v) is 12.3. The van der Waals surface area contributed by atoms with Crippen LogP contribution in [0.25, 0.3) is 11.3 Å². The van der Waals surface area contributed by atoms with Crippen LogP contribution in [0.4, 0.5) is 0 Å². The fourth-order valence-electron chi connectivity index (χ4n) is 4.35. The zero-order valence-corrected chi connectivity index (χ0v) is 24.6. The zero-order chi connectivity index (χ0) is 27.5. The molecule has 3 aromatic rings. The molecule has 0 radical (unpaired) electrons. The number of nitrogens with zero attached hydrogens (tertiary/aromatic N) is 3. The highest BCUT2D eigenvalue weighted by molar-refractivity contribution is 7.99. The maximum atomic E-state index is 8.73. The van der Waals surface area contributed by atoms with Crippen LogP contribution in [0.3, 0.4) is 0 Å². The minimum Gasteiger partial charge on any atom is -0.494 e. The van der Waals surface area contributed by atoms with Gasteiger partial charge in [0, 0.05) is 53.1 Å². The topological polar surface area (TPSA) is 93.2 Å². The van der Waals surface area contributed by atoms with Crippen LogP contribution in [-0.4, -0.2) is 65.3 Å². The Morgan fingerprint density at radius 2 is 1.59 bits per heavy atom. The normalized spacial score (nSPS) is 14.6. The zero-order valence-electron chi connectivity index (χ0n) is 23.0. The Morgan fingerprint density at radius 1 is 0.974 bits per heavy atom. The van der Waals surface area contributed by atoms with Gasteiger partial charge in [-0.25, -0.2) is 4.98 Å². The van der Waals surface area contributed by atoms with Gasteiger partial charge in [-0.2, -0.15) is 11.8 Å². The molecular formula is C30H40N4O3S2. The van der Waals surface area contributed by atoms with Gasteiger partial charge in [-0.05, 0) is 74.2 Å². The molecule has 2 aromatic carbocycles. The molecule has 4 rings (SSSR count). The highest BCUT2D eigenvalue weighted by Gasteiger charge is 2.17. The Balaban J connectivity index is 1.20. The number of ether oxygens (including phenoxy) is 2. The van der Waals surface area contributed by atoms with Crippen molar-refractivity contribution in [2.45, 2.75) is 45.4 Å². The van der Waals surface area contributed by atoms with E-state index >= 15 is 0 Å². The van der Waals surface area contributed by atoms with Crippen molar-refractivity contribution in [3.8, 4) is 22.8 Å². The quantitative estimate of drug-likeness (QED) is 0.0781. The van der Waals surface area contributed by atoms with Crippen molar-refractivity contribution in [1.82, 2.24) is 9.88 Å². The van der Waals surface area contributed by atoms with E-state index in [9.17, 15) is 0 Å². The molecule has 0 aliphatic carbocycles. The van der Waals surface area contributed by atoms with E-state index in [0.29, 0.717) is 24.7 Å². The Morgan fingerprint density at radius 3 is 2.18 bits per heavy atom. The number of oxime groups is 1. The third-order valence-corrected chi connectivity index (χ3v) is 9.04. The van der Waals surface area contributed by atoms with Crippen LogP contribution < -0.4 is 15.2 Å². The maximum absolute atomic E-state index is 8.73. The Bertz CT molecular complexity index is 1170. The molecule has 0 bridgehead atoms. The van der Waals surface area contributed by atoms with Gasteiger partial charge in [0.25, 0.3) is 0 Å². The summed E-state index contributed by atoms with van der Waals surface area (Å²) < 4.78 is 11.8. The van der Waals surface area contributed by atoms with E-state index in [1.807, 2.05) is 23.5 Å². The molecule has 0 saturated carbocycles. The summed E-state index contributed by atoms with van der Waals surface area (Å²) in [5, 5.41) is 13.0. The second kappa shape index (κ2) is 15.1. The number of hydrogen-bond acceptors (Lipinski definition) is 8. The molecule has 7 nitrogen and oxygen atoms in total. The van der Waals surface area contributed by atoms with Crippen molar-refractivity contribution in [3.05, 3.63) is 64.0 Å². The lowest BCUT2D eigenvalue weighted by atomic mass is 10.1. The van der Waals surface area contributed by atoms with E-state index in [0.717, 1.165) is 49.4 Å². The van der Waals surface area contributed by atoms with Crippen LogP contribution in [0.1, 0.15) is 54.5 Å². The molecule has 0 unspecified atom stereocenters. The fraction of sp³-hybridized carbons (Fsp3) is 0.467. The predicted molar refractivity (Wildman–Crippen MR) is 163 cm³/mol. The largest absolute Gasteiger partial charge is 0.494 e. The van der Waals surface area contributed by atoms with E-state index in [2.05, 4.69) is 59.9 Å². The maximum Gasteiger partial charge on any atom is 0.170 e. The van der Waals surface area contributed by atoms with Gasteiger partial charge >= 0.3 is 0 Å². The van der Waals surface area contributed by atoms with Gasteiger partial charge < -0.3 is 25.3 Å². The molecule has 0 amide bonds. The molecule has 1 aromatic heterocycles. The SMILES string of the molecule is CC(C)c1nc(-c2ccc(OCCCCCOc3ccc(/C(N)=N\O)cc3)cc2)c(CCN2CCSCC2)s1. The molecule has 0 atom stereocenters. The fourth-order valence-corrected chi connectivity index (χ4v) is 6.40. The molecule has 3 N–H and O–H groups in total. The van der Waals surface area contributed by atoms with Gasteiger partial charge in [0.2, 0.25) is 0 Å². The van der Waals surface area contributed by atoms with Crippen LogP contribution >= 0.6 is 23.1 Å². The number of nitrogens with two attached hydrogens (primary N) is 1. The first-order chi connectivity index (χ1) is 19.0. The summed E-state index contributed by atoms with van der Waals surface area (Å²) >= 11 is 3.94. The summed E-state index contributed by atoms with van der Waals surface area (Å²) in [7, 11) is 0. The Kier molecular flexibility index (Phi) is 11.4. The highest BCUT2D eigenvalue weighted by atomic mass is 32.2. The highest BCUT2D eigenvalue weighted by Crippen LogP contribution is 2.33.